The number of benzene rings is 6. The van der Waals surface area contributed by atoms with Crippen molar-refractivity contribution in [3.63, 3.8) is 0 Å². The molecule has 0 bridgehead atoms. The molecule has 42 heavy (non-hydrogen) atoms. The van der Waals surface area contributed by atoms with Crippen molar-refractivity contribution in [3.05, 3.63) is 138 Å². The predicted octanol–water partition coefficient (Wildman–Crippen LogP) is 10.7. The molecule has 0 aliphatic heterocycles. The van der Waals surface area contributed by atoms with Gasteiger partial charge in [0.2, 0.25) is 0 Å². The molecular weight excluding hydrogens is 508 g/mol. The molecule has 1 heterocycles. The molecule has 0 saturated heterocycles. The molecule has 2 heteroatoms. The van der Waals surface area contributed by atoms with Crippen molar-refractivity contribution in [2.45, 2.75) is 32.6 Å². The van der Waals surface area contributed by atoms with E-state index in [1.807, 2.05) is 0 Å². The Morgan fingerprint density at radius 1 is 0.667 bits per heavy atom. The number of allylic oxidation sites excluding steroid dienone is 1. The number of aromatic nitrogens is 2. The summed E-state index contributed by atoms with van der Waals surface area (Å²) in [5.74, 6) is 1.42. The molecule has 6 aromatic carbocycles. The van der Waals surface area contributed by atoms with Crippen molar-refractivity contribution in [1.82, 2.24) is 9.55 Å². The van der Waals surface area contributed by atoms with E-state index in [4.69, 9.17) is 4.98 Å². The summed E-state index contributed by atoms with van der Waals surface area (Å²) in [4.78, 5) is 4.98. The summed E-state index contributed by atoms with van der Waals surface area (Å²) < 4.78 is 2.32. The van der Waals surface area contributed by atoms with E-state index in [0.29, 0.717) is 5.92 Å². The highest BCUT2D eigenvalue weighted by Crippen LogP contribution is 2.45. The first-order chi connectivity index (χ1) is 20.7. The van der Waals surface area contributed by atoms with Crippen LogP contribution in [0.5, 0.6) is 0 Å². The molecule has 0 radical (unpaired) electrons. The predicted molar refractivity (Wildman–Crippen MR) is 178 cm³/mol. The quantitative estimate of drug-likeness (QED) is 0.217. The van der Waals surface area contributed by atoms with Crippen LogP contribution in [0.1, 0.15) is 43.1 Å². The van der Waals surface area contributed by atoms with Gasteiger partial charge in [-0.2, -0.15) is 0 Å². The van der Waals surface area contributed by atoms with Crippen molar-refractivity contribution >= 4 is 38.7 Å². The number of imidazole rings is 1. The van der Waals surface area contributed by atoms with Crippen LogP contribution < -0.4 is 0 Å². The second kappa shape index (κ2) is 9.85. The highest BCUT2D eigenvalue weighted by Gasteiger charge is 2.22. The lowest BCUT2D eigenvalue weighted by molar-refractivity contribution is 0.760. The van der Waals surface area contributed by atoms with Crippen LogP contribution in [0.15, 0.2) is 121 Å². The van der Waals surface area contributed by atoms with Crippen LogP contribution in [0.25, 0.3) is 66.6 Å². The molecule has 0 atom stereocenters. The maximum absolute atomic E-state index is 4.98. The molecule has 8 rings (SSSR count). The summed E-state index contributed by atoms with van der Waals surface area (Å²) in [6, 6.07) is 42.1. The largest absolute Gasteiger partial charge is 0.296 e. The van der Waals surface area contributed by atoms with Crippen LogP contribution >= 0.6 is 0 Å². The van der Waals surface area contributed by atoms with Crippen molar-refractivity contribution in [2.24, 2.45) is 0 Å². The molecule has 0 fully saturated rings. The number of hydrogen-bond donors (Lipinski definition) is 0. The van der Waals surface area contributed by atoms with Crippen LogP contribution in [0.4, 0.5) is 0 Å². The number of rotatable bonds is 4. The van der Waals surface area contributed by atoms with Gasteiger partial charge in [0.15, 0.2) is 0 Å². The maximum Gasteiger partial charge on any atom is 0.117 e. The fourth-order valence-electron chi connectivity index (χ4n) is 6.85. The van der Waals surface area contributed by atoms with Crippen molar-refractivity contribution < 1.29 is 0 Å². The monoisotopic (exact) mass is 540 g/mol. The molecule has 0 unspecified atom stereocenters. The van der Waals surface area contributed by atoms with E-state index in [1.54, 1.807) is 0 Å². The second-order valence-electron chi connectivity index (χ2n) is 11.7. The van der Waals surface area contributed by atoms with E-state index in [9.17, 15) is 0 Å². The minimum Gasteiger partial charge on any atom is -0.296 e. The number of fused-ring (bicyclic) bond motifs is 4. The Kier molecular flexibility index (Phi) is 5.82. The van der Waals surface area contributed by atoms with Gasteiger partial charge in [-0.3, -0.25) is 4.57 Å². The van der Waals surface area contributed by atoms with Gasteiger partial charge in [-0.1, -0.05) is 111 Å². The van der Waals surface area contributed by atoms with E-state index in [0.717, 1.165) is 35.4 Å². The Hall–Kier alpha value is -4.95. The number of para-hydroxylation sites is 2. The lowest BCUT2D eigenvalue weighted by Crippen LogP contribution is -2.04. The van der Waals surface area contributed by atoms with Crippen molar-refractivity contribution in [2.75, 3.05) is 0 Å². The summed E-state index contributed by atoms with van der Waals surface area (Å²) in [5, 5.41) is 5.18. The first kappa shape index (κ1) is 24.8. The van der Waals surface area contributed by atoms with Gasteiger partial charge in [0.25, 0.3) is 0 Å². The zero-order valence-electron chi connectivity index (χ0n) is 24.0. The minimum absolute atomic E-state index is 0.322. The normalized spacial score (nSPS) is 12.9. The standard InChI is InChI=1S/C40H32N2/c1-26(2)40-41-36-17-9-10-18-37(36)42(40)31-23-21-28(22-24-31)38-32-13-5-7-15-34(32)39(35-16-8-6-14-33(35)38)30-20-19-27-11-3-4-12-29(27)25-30/h3-5,7-13,15-26H,6,14H2,1-2H3. The second-order valence-corrected chi connectivity index (χ2v) is 11.7. The Morgan fingerprint density at radius 2 is 1.36 bits per heavy atom. The Morgan fingerprint density at radius 3 is 2.17 bits per heavy atom. The zero-order valence-corrected chi connectivity index (χ0v) is 24.0. The molecule has 0 saturated carbocycles. The number of hydrogen-bond acceptors (Lipinski definition) is 1. The minimum atomic E-state index is 0.322. The first-order valence-corrected chi connectivity index (χ1v) is 15.0. The Labute approximate surface area is 246 Å². The van der Waals surface area contributed by atoms with Gasteiger partial charge >= 0.3 is 0 Å². The molecular formula is C40H32N2. The lowest BCUT2D eigenvalue weighted by Gasteiger charge is -2.24. The van der Waals surface area contributed by atoms with Crippen molar-refractivity contribution in [1.29, 1.82) is 0 Å². The topological polar surface area (TPSA) is 17.8 Å². The lowest BCUT2D eigenvalue weighted by atomic mass is 9.80. The van der Waals surface area contributed by atoms with E-state index >= 15 is 0 Å². The van der Waals surface area contributed by atoms with E-state index in [2.05, 4.69) is 146 Å². The fourth-order valence-corrected chi connectivity index (χ4v) is 6.85. The third kappa shape index (κ3) is 3.90. The summed E-state index contributed by atoms with van der Waals surface area (Å²) in [6.45, 7) is 4.43. The average Bonchev–Trinajstić information content (AvgIpc) is 3.44. The third-order valence-corrected chi connectivity index (χ3v) is 8.76. The van der Waals surface area contributed by atoms with Gasteiger partial charge in [-0.25, -0.2) is 4.98 Å². The number of nitrogens with zero attached hydrogens (tertiary/aromatic N) is 2. The van der Waals surface area contributed by atoms with Crippen LogP contribution in [0, 0.1) is 0 Å². The SMILES string of the molecule is CC(C)c1nc2ccccc2n1-c1ccc(-c2c3c(c(-c4ccc5ccccc5c4)c4ccccc24)C=CCC3)cc1. The van der Waals surface area contributed by atoms with Gasteiger partial charge < -0.3 is 0 Å². The Bertz CT molecular complexity index is 2160. The van der Waals surface area contributed by atoms with Gasteiger partial charge in [-0.05, 0) is 98.1 Å². The van der Waals surface area contributed by atoms with Crippen LogP contribution in [-0.2, 0) is 6.42 Å². The highest BCUT2D eigenvalue weighted by molar-refractivity contribution is 6.10. The Balaban J connectivity index is 1.34. The van der Waals surface area contributed by atoms with E-state index < -0.39 is 0 Å². The molecule has 7 aromatic rings. The highest BCUT2D eigenvalue weighted by atomic mass is 15.1. The van der Waals surface area contributed by atoms with Crippen LogP contribution in [-0.4, -0.2) is 9.55 Å². The molecule has 202 valence electrons. The molecule has 2 nitrogen and oxygen atoms in total. The summed E-state index contributed by atoms with van der Waals surface area (Å²) in [6.07, 6.45) is 6.80. The van der Waals surface area contributed by atoms with E-state index in [1.165, 1.54) is 54.9 Å². The smallest absolute Gasteiger partial charge is 0.117 e. The van der Waals surface area contributed by atoms with Gasteiger partial charge in [0, 0.05) is 11.6 Å². The van der Waals surface area contributed by atoms with Gasteiger partial charge in [0.05, 0.1) is 11.0 Å². The van der Waals surface area contributed by atoms with E-state index in [-0.39, 0.29) is 0 Å². The van der Waals surface area contributed by atoms with Gasteiger partial charge in [0.1, 0.15) is 5.82 Å². The molecule has 1 aromatic heterocycles. The van der Waals surface area contributed by atoms with Crippen LogP contribution in [0.2, 0.25) is 0 Å². The molecule has 0 N–H and O–H groups in total. The average molecular weight is 541 g/mol. The molecule has 1 aliphatic rings. The first-order valence-electron chi connectivity index (χ1n) is 15.0. The molecule has 0 spiro atoms. The maximum atomic E-state index is 4.98. The summed E-state index contributed by atoms with van der Waals surface area (Å²) in [7, 11) is 0. The van der Waals surface area contributed by atoms with Crippen LogP contribution in [0.3, 0.4) is 0 Å². The van der Waals surface area contributed by atoms with Crippen molar-refractivity contribution in [3.8, 4) is 27.9 Å². The molecule has 0 amide bonds. The summed E-state index contributed by atoms with van der Waals surface area (Å²) >= 11 is 0. The zero-order chi connectivity index (χ0) is 28.2. The fraction of sp³-hybridized carbons (Fsp3) is 0.125. The van der Waals surface area contributed by atoms with Gasteiger partial charge in [-0.15, -0.1) is 0 Å². The summed E-state index contributed by atoms with van der Waals surface area (Å²) in [5.41, 5.74) is 11.4. The molecule has 1 aliphatic carbocycles. The third-order valence-electron chi connectivity index (χ3n) is 8.76.